The number of nitrogen functional groups attached to an aromatic ring is 1. The van der Waals surface area contributed by atoms with Crippen LogP contribution < -0.4 is 16.4 Å². The molecule has 1 aromatic rings. The van der Waals surface area contributed by atoms with Gasteiger partial charge in [0.25, 0.3) is 11.8 Å². The Bertz CT molecular complexity index is 1360. The van der Waals surface area contributed by atoms with Gasteiger partial charge in [-0.25, -0.2) is 14.6 Å². The van der Waals surface area contributed by atoms with E-state index in [0.29, 0.717) is 24.1 Å². The molecule has 1 unspecified atom stereocenters. The minimum atomic E-state index is -1.34. The number of anilines is 1. The maximum atomic E-state index is 13.0. The molecular weight excluding hydrogens is 540 g/mol. The number of terminal acetylenes is 1. The van der Waals surface area contributed by atoms with E-state index in [0.717, 1.165) is 16.2 Å². The third-order valence-electron chi connectivity index (χ3n) is 5.71. The molecule has 0 aliphatic carbocycles. The number of rotatable bonds is 9. The van der Waals surface area contributed by atoms with Gasteiger partial charge in [-0.3, -0.25) is 19.3 Å². The number of carbonyl (C=O) groups is 5. The minimum absolute atomic E-state index is 0.0107. The second-order valence-corrected chi connectivity index (χ2v) is 10.1. The number of hydrogen-bond acceptors (Lipinski definition) is 12. The summed E-state index contributed by atoms with van der Waals surface area (Å²) in [7, 11) is 0. The fourth-order valence-electron chi connectivity index (χ4n) is 4.08. The number of amides is 2. The molecule has 14 nitrogen and oxygen atoms in total. The van der Waals surface area contributed by atoms with Gasteiger partial charge in [-0.15, -0.1) is 29.5 Å². The number of hydrogen-bond donors (Lipinski definition) is 5. The molecule has 3 aliphatic rings. The van der Waals surface area contributed by atoms with Crippen LogP contribution in [0.25, 0.3) is 0 Å². The van der Waals surface area contributed by atoms with Crippen LogP contribution in [0.2, 0.25) is 0 Å². The van der Waals surface area contributed by atoms with Gasteiger partial charge in [-0.1, -0.05) is 11.2 Å². The number of nitrogens with two attached hydrogens (primary N) is 1. The maximum absolute atomic E-state index is 13.0. The molecule has 0 radical (unpaired) electrons. The first-order chi connectivity index (χ1) is 18.1. The lowest BCUT2D eigenvalue weighted by Crippen LogP contribution is -2.71. The first-order valence-electron chi connectivity index (χ1n) is 10.9. The van der Waals surface area contributed by atoms with Crippen LogP contribution >= 0.6 is 23.1 Å². The number of Topliss-reactive ketones (excluding diaryl/α,β-unsaturated/α-hetero) is 1. The number of thioether (sulfide) groups is 1. The van der Waals surface area contributed by atoms with Crippen molar-refractivity contribution in [1.29, 1.82) is 0 Å². The number of oxime groups is 1. The van der Waals surface area contributed by atoms with E-state index in [-0.39, 0.29) is 22.3 Å². The number of aliphatic carboxylic acids is 2. The summed E-state index contributed by atoms with van der Waals surface area (Å²) in [6, 6.07) is -1.81. The molecule has 38 heavy (non-hydrogen) atoms. The molecule has 0 saturated carbocycles. The number of fused-ring (bicyclic) bond motifs is 1. The number of carbonyl (C=O) groups excluding carboxylic acids is 3. The summed E-state index contributed by atoms with van der Waals surface area (Å²) in [5.74, 6) is -2.44. The highest BCUT2D eigenvalue weighted by Crippen LogP contribution is 2.41. The smallest absolute Gasteiger partial charge is 0.352 e. The molecule has 2 fully saturated rings. The third kappa shape index (κ3) is 5.25. The van der Waals surface area contributed by atoms with E-state index in [1.165, 1.54) is 17.1 Å². The molecule has 4 rings (SSSR count). The normalized spacial score (nSPS) is 23.9. The average Bonchev–Trinajstić information content (AvgIpc) is 3.52. The van der Waals surface area contributed by atoms with Crippen LogP contribution in [-0.4, -0.2) is 91.7 Å². The molecule has 3 aliphatic heterocycles. The van der Waals surface area contributed by atoms with E-state index >= 15 is 0 Å². The van der Waals surface area contributed by atoms with Gasteiger partial charge in [0.15, 0.2) is 10.8 Å². The number of nitrogens with zero attached hydrogens (tertiary/aromatic N) is 3. The summed E-state index contributed by atoms with van der Waals surface area (Å²) < 4.78 is 0. The Morgan fingerprint density at radius 1 is 1.39 bits per heavy atom. The zero-order valence-corrected chi connectivity index (χ0v) is 21.0. The number of carboxylic acid groups (broad SMARTS) is 2. The Morgan fingerprint density at radius 2 is 2.16 bits per heavy atom. The first kappa shape index (κ1) is 26.9. The van der Waals surface area contributed by atoms with Crippen LogP contribution in [0.15, 0.2) is 33.5 Å². The van der Waals surface area contributed by atoms with E-state index in [9.17, 15) is 29.1 Å². The molecule has 2 saturated heterocycles. The Hall–Kier alpha value is -4.20. The van der Waals surface area contributed by atoms with Crippen LogP contribution in [0, 0.1) is 12.3 Å². The zero-order valence-electron chi connectivity index (χ0n) is 19.4. The van der Waals surface area contributed by atoms with Gasteiger partial charge in [-0.2, -0.15) is 0 Å². The third-order valence-corrected chi connectivity index (χ3v) is 7.68. The lowest BCUT2D eigenvalue weighted by atomic mass is 9.98. The van der Waals surface area contributed by atoms with E-state index in [1.807, 2.05) is 0 Å². The van der Waals surface area contributed by atoms with Gasteiger partial charge >= 0.3 is 11.9 Å². The van der Waals surface area contributed by atoms with Gasteiger partial charge < -0.3 is 31.4 Å². The molecule has 2 amide bonds. The van der Waals surface area contributed by atoms with E-state index < -0.39 is 59.3 Å². The van der Waals surface area contributed by atoms with E-state index in [1.54, 1.807) is 6.08 Å². The lowest BCUT2D eigenvalue weighted by molar-refractivity contribution is -0.150. The largest absolute Gasteiger partial charge is 0.479 e. The SMILES string of the molecule is C#CC(=O)C1NCC/C1=C\C1=C(C(=O)O)N2C(=O)[C@@H](NC(=O)/C(=N\OCC(=O)O)c3csc(N)n3)[C@H]2SC1. The van der Waals surface area contributed by atoms with Crippen LogP contribution in [-0.2, 0) is 28.8 Å². The fourth-order valence-corrected chi connectivity index (χ4v) is 5.93. The Labute approximate surface area is 223 Å². The van der Waals surface area contributed by atoms with Crippen molar-refractivity contribution in [3.8, 4) is 12.3 Å². The van der Waals surface area contributed by atoms with Crippen LogP contribution in [0.3, 0.4) is 0 Å². The summed E-state index contributed by atoms with van der Waals surface area (Å²) in [5.41, 5.74) is 5.94. The average molecular weight is 561 g/mol. The highest BCUT2D eigenvalue weighted by Gasteiger charge is 2.54. The molecule has 3 atom stereocenters. The monoisotopic (exact) mass is 560 g/mol. The Balaban J connectivity index is 1.55. The van der Waals surface area contributed by atoms with Crippen molar-refractivity contribution in [2.24, 2.45) is 5.16 Å². The van der Waals surface area contributed by atoms with Crippen molar-refractivity contribution in [2.45, 2.75) is 23.9 Å². The van der Waals surface area contributed by atoms with Crippen LogP contribution in [0.1, 0.15) is 12.1 Å². The number of β-lactam (4-membered cyclic amide) rings is 1. The standard InChI is InChI=1S/C22H20N6O8S2/c1-2-12(29)14-9(3-4-24-14)5-10-7-37-20-16(19(33)28(20)17(10)21(34)35)26-18(32)15(27-36-6-13(30)31)11-8-38-22(23)25-11/h1,5,8,14,16,20,24H,3-4,6-7H2,(H2,23,25)(H,26,32)(H,30,31)(H,34,35)/b9-5+,27-15-/t14?,16-,20-/m1/s1. The number of aromatic nitrogens is 1. The highest BCUT2D eigenvalue weighted by atomic mass is 32.2. The van der Waals surface area contributed by atoms with Gasteiger partial charge in [-0.05, 0) is 30.0 Å². The second kappa shape index (κ2) is 11.0. The molecule has 0 aromatic carbocycles. The Kier molecular flexibility index (Phi) is 7.80. The molecular formula is C22H20N6O8S2. The molecule has 16 heteroatoms. The Morgan fingerprint density at radius 3 is 2.79 bits per heavy atom. The first-order valence-corrected chi connectivity index (χ1v) is 12.8. The van der Waals surface area contributed by atoms with Crippen molar-refractivity contribution >= 4 is 63.5 Å². The molecule has 198 valence electrons. The van der Waals surface area contributed by atoms with Crippen LogP contribution in [0.4, 0.5) is 5.13 Å². The summed E-state index contributed by atoms with van der Waals surface area (Å²) in [4.78, 5) is 70.6. The summed E-state index contributed by atoms with van der Waals surface area (Å²) in [6.07, 6.45) is 7.30. The fraction of sp³-hybridized carbons (Fsp3) is 0.318. The maximum Gasteiger partial charge on any atom is 0.352 e. The van der Waals surface area contributed by atoms with Crippen molar-refractivity contribution < 1.29 is 39.0 Å². The number of nitrogens with one attached hydrogen (secondary N) is 2. The zero-order chi connectivity index (χ0) is 27.6. The molecule has 4 heterocycles. The van der Waals surface area contributed by atoms with E-state index in [4.69, 9.17) is 17.3 Å². The van der Waals surface area contributed by atoms with Gasteiger partial charge in [0.05, 0.1) is 0 Å². The minimum Gasteiger partial charge on any atom is -0.479 e. The summed E-state index contributed by atoms with van der Waals surface area (Å²) in [6.45, 7) is -0.323. The molecule has 6 N–H and O–H groups in total. The summed E-state index contributed by atoms with van der Waals surface area (Å²) >= 11 is 2.23. The van der Waals surface area contributed by atoms with Crippen molar-refractivity contribution in [2.75, 3.05) is 24.6 Å². The molecule has 0 spiro atoms. The van der Waals surface area contributed by atoms with Gasteiger partial charge in [0.2, 0.25) is 12.4 Å². The van der Waals surface area contributed by atoms with Crippen molar-refractivity contribution in [3.63, 3.8) is 0 Å². The van der Waals surface area contributed by atoms with E-state index in [2.05, 4.69) is 31.5 Å². The highest BCUT2D eigenvalue weighted by molar-refractivity contribution is 8.00. The number of ketones is 1. The second-order valence-electron chi connectivity index (χ2n) is 8.08. The summed E-state index contributed by atoms with van der Waals surface area (Å²) in [5, 5.41) is 28.5. The van der Waals surface area contributed by atoms with Gasteiger partial charge in [0, 0.05) is 11.1 Å². The predicted molar refractivity (Wildman–Crippen MR) is 135 cm³/mol. The molecule has 0 bridgehead atoms. The van der Waals surface area contributed by atoms with Crippen molar-refractivity contribution in [1.82, 2.24) is 20.5 Å². The molecule has 1 aromatic heterocycles. The number of allylic oxidation sites excluding steroid dienone is 1. The predicted octanol–water partition coefficient (Wildman–Crippen LogP) is -1.24. The van der Waals surface area contributed by atoms with Gasteiger partial charge in [0.1, 0.15) is 28.8 Å². The lowest BCUT2D eigenvalue weighted by Gasteiger charge is -2.49. The number of carboxylic acids is 2. The van der Waals surface area contributed by atoms with Crippen molar-refractivity contribution in [3.05, 3.63) is 34.0 Å². The van der Waals surface area contributed by atoms with Crippen LogP contribution in [0.5, 0.6) is 0 Å². The quantitative estimate of drug-likeness (QED) is 0.0789. The topological polar surface area (TPSA) is 214 Å². The number of thiazole rings is 1.